The second-order valence-electron chi connectivity index (χ2n) is 4.29. The highest BCUT2D eigenvalue weighted by Gasteiger charge is 2.23. The standard InChI is InChI=1S/C14H13FN2O3S/c1-10-14(11(2)20-17-10)21(18,19)16-9-3-4-12-5-7-13(15)8-6-12/h5-8,16H,9H2,1-2H3. The largest absolute Gasteiger partial charge is 0.360 e. The molecule has 0 atom stereocenters. The first-order chi connectivity index (χ1) is 9.90. The van der Waals surface area contributed by atoms with Gasteiger partial charge < -0.3 is 4.52 Å². The van der Waals surface area contributed by atoms with Gasteiger partial charge in [0.2, 0.25) is 10.0 Å². The zero-order valence-corrected chi connectivity index (χ0v) is 12.3. The van der Waals surface area contributed by atoms with Gasteiger partial charge >= 0.3 is 0 Å². The predicted molar refractivity (Wildman–Crippen MR) is 74.4 cm³/mol. The van der Waals surface area contributed by atoms with Crippen LogP contribution in [-0.4, -0.2) is 20.1 Å². The van der Waals surface area contributed by atoms with Crippen LogP contribution in [0, 0.1) is 31.5 Å². The maximum atomic E-state index is 12.7. The third-order valence-electron chi connectivity index (χ3n) is 2.66. The average Bonchev–Trinajstić information content (AvgIpc) is 2.77. The Bertz CT molecular complexity index is 779. The predicted octanol–water partition coefficient (Wildman–Crippen LogP) is 1.76. The van der Waals surface area contributed by atoms with E-state index in [0.29, 0.717) is 11.3 Å². The maximum absolute atomic E-state index is 12.7. The molecule has 0 fully saturated rings. The van der Waals surface area contributed by atoms with Gasteiger partial charge in [0.1, 0.15) is 16.4 Å². The lowest BCUT2D eigenvalue weighted by Crippen LogP contribution is -2.24. The normalized spacial score (nSPS) is 11.0. The van der Waals surface area contributed by atoms with E-state index in [1.807, 2.05) is 0 Å². The highest BCUT2D eigenvalue weighted by molar-refractivity contribution is 7.89. The smallest absolute Gasteiger partial charge is 0.246 e. The van der Waals surface area contributed by atoms with E-state index in [1.165, 1.54) is 31.2 Å². The summed E-state index contributed by atoms with van der Waals surface area (Å²) >= 11 is 0. The Kier molecular flexibility index (Phi) is 4.40. The van der Waals surface area contributed by atoms with Crippen LogP contribution in [-0.2, 0) is 10.0 Å². The van der Waals surface area contributed by atoms with Crippen molar-refractivity contribution in [3.63, 3.8) is 0 Å². The first-order valence-corrected chi connectivity index (χ1v) is 7.55. The fraction of sp³-hybridized carbons (Fsp3) is 0.214. The topological polar surface area (TPSA) is 72.2 Å². The Morgan fingerprint density at radius 2 is 1.95 bits per heavy atom. The SMILES string of the molecule is Cc1noc(C)c1S(=O)(=O)NCC#Cc1ccc(F)cc1. The minimum atomic E-state index is -3.71. The molecular formula is C14H13FN2O3S. The average molecular weight is 308 g/mol. The van der Waals surface area contributed by atoms with Crippen molar-refractivity contribution >= 4 is 10.0 Å². The molecule has 1 aromatic heterocycles. The van der Waals surface area contributed by atoms with Gasteiger partial charge in [0.25, 0.3) is 0 Å². The first-order valence-electron chi connectivity index (χ1n) is 6.07. The Balaban J connectivity index is 2.05. The molecule has 0 radical (unpaired) electrons. The highest BCUT2D eigenvalue weighted by Crippen LogP contribution is 2.18. The van der Waals surface area contributed by atoms with E-state index in [0.717, 1.165) is 0 Å². The van der Waals surface area contributed by atoms with E-state index in [9.17, 15) is 12.8 Å². The van der Waals surface area contributed by atoms with E-state index >= 15 is 0 Å². The molecule has 0 spiro atoms. The van der Waals surface area contributed by atoms with Gasteiger partial charge in [-0.05, 0) is 38.1 Å². The lowest BCUT2D eigenvalue weighted by atomic mass is 10.2. The van der Waals surface area contributed by atoms with Crippen molar-refractivity contribution in [1.29, 1.82) is 0 Å². The summed E-state index contributed by atoms with van der Waals surface area (Å²) in [5.41, 5.74) is 0.902. The molecule has 0 bridgehead atoms. The van der Waals surface area contributed by atoms with Crippen molar-refractivity contribution in [2.45, 2.75) is 18.7 Å². The quantitative estimate of drug-likeness (QED) is 0.877. The molecule has 2 rings (SSSR count). The van der Waals surface area contributed by atoms with Crippen molar-refractivity contribution in [2.75, 3.05) is 6.54 Å². The maximum Gasteiger partial charge on any atom is 0.246 e. The number of halogens is 1. The van der Waals surface area contributed by atoms with E-state index in [4.69, 9.17) is 4.52 Å². The Morgan fingerprint density at radius 1 is 1.29 bits per heavy atom. The number of nitrogens with zero attached hydrogens (tertiary/aromatic N) is 1. The van der Waals surface area contributed by atoms with Gasteiger partial charge in [0, 0.05) is 5.56 Å². The zero-order valence-electron chi connectivity index (χ0n) is 11.5. The molecule has 0 amide bonds. The molecule has 0 aliphatic heterocycles. The van der Waals surface area contributed by atoms with Gasteiger partial charge in [-0.2, -0.15) is 4.72 Å². The van der Waals surface area contributed by atoms with Crippen LogP contribution >= 0.6 is 0 Å². The van der Waals surface area contributed by atoms with Crippen LogP contribution in [0.15, 0.2) is 33.7 Å². The molecule has 1 N–H and O–H groups in total. The molecule has 0 aliphatic carbocycles. The Hall–Kier alpha value is -2.17. The second kappa shape index (κ2) is 6.08. The van der Waals surface area contributed by atoms with E-state index in [1.54, 1.807) is 6.92 Å². The van der Waals surface area contributed by atoms with E-state index in [2.05, 4.69) is 21.7 Å². The molecule has 0 unspecified atom stereocenters. The van der Waals surface area contributed by atoms with Crippen LogP contribution in [0.2, 0.25) is 0 Å². The number of aromatic nitrogens is 1. The molecule has 0 saturated carbocycles. The molecule has 1 aromatic carbocycles. The van der Waals surface area contributed by atoms with Crippen LogP contribution < -0.4 is 4.72 Å². The van der Waals surface area contributed by atoms with Crippen LogP contribution in [0.3, 0.4) is 0 Å². The van der Waals surface area contributed by atoms with Crippen LogP contribution in [0.1, 0.15) is 17.0 Å². The zero-order chi connectivity index (χ0) is 15.5. The number of sulfonamides is 1. The highest BCUT2D eigenvalue weighted by atomic mass is 32.2. The molecular weight excluding hydrogens is 295 g/mol. The van der Waals surface area contributed by atoms with Crippen molar-refractivity contribution in [3.8, 4) is 11.8 Å². The lowest BCUT2D eigenvalue weighted by molar-refractivity contribution is 0.390. The number of hydrogen-bond donors (Lipinski definition) is 1. The van der Waals surface area contributed by atoms with Gasteiger partial charge in [-0.3, -0.25) is 0 Å². The summed E-state index contributed by atoms with van der Waals surface area (Å²) in [6, 6.07) is 5.62. The Labute approximate surface area is 122 Å². The number of hydrogen-bond acceptors (Lipinski definition) is 4. The van der Waals surface area contributed by atoms with Crippen molar-refractivity contribution in [3.05, 3.63) is 47.1 Å². The van der Waals surface area contributed by atoms with Gasteiger partial charge in [-0.15, -0.1) is 0 Å². The minimum absolute atomic E-state index is 0.0334. The molecule has 5 nitrogen and oxygen atoms in total. The molecule has 0 aliphatic rings. The summed E-state index contributed by atoms with van der Waals surface area (Å²) in [5.74, 6) is 5.28. The monoisotopic (exact) mass is 308 g/mol. The number of aryl methyl sites for hydroxylation is 2. The number of nitrogens with one attached hydrogen (secondary N) is 1. The fourth-order valence-electron chi connectivity index (χ4n) is 1.74. The van der Waals surface area contributed by atoms with Crippen molar-refractivity contribution in [1.82, 2.24) is 9.88 Å². The molecule has 7 heteroatoms. The second-order valence-corrected chi connectivity index (χ2v) is 5.99. The van der Waals surface area contributed by atoms with E-state index < -0.39 is 10.0 Å². The van der Waals surface area contributed by atoms with Gasteiger partial charge in [-0.25, -0.2) is 12.8 Å². The molecule has 21 heavy (non-hydrogen) atoms. The van der Waals surface area contributed by atoms with Gasteiger partial charge in [0.15, 0.2) is 5.76 Å². The summed E-state index contributed by atoms with van der Waals surface area (Å²) in [6.07, 6.45) is 0. The summed E-state index contributed by atoms with van der Waals surface area (Å²) in [7, 11) is -3.71. The van der Waals surface area contributed by atoms with Gasteiger partial charge in [0.05, 0.1) is 6.54 Å². The van der Waals surface area contributed by atoms with Gasteiger partial charge in [-0.1, -0.05) is 17.0 Å². The molecule has 0 saturated heterocycles. The summed E-state index contributed by atoms with van der Waals surface area (Å²) in [4.78, 5) is 0.0334. The van der Waals surface area contributed by atoms with Crippen LogP contribution in [0.4, 0.5) is 4.39 Å². The summed E-state index contributed by atoms with van der Waals surface area (Å²) < 4.78 is 44.0. The lowest BCUT2D eigenvalue weighted by Gasteiger charge is -2.02. The first kappa shape index (κ1) is 15.2. The summed E-state index contributed by atoms with van der Waals surface area (Å²) in [6.45, 7) is 3.01. The third-order valence-corrected chi connectivity index (χ3v) is 4.31. The molecule has 1 heterocycles. The number of rotatable bonds is 3. The van der Waals surface area contributed by atoms with Crippen LogP contribution in [0.25, 0.3) is 0 Å². The van der Waals surface area contributed by atoms with Crippen molar-refractivity contribution in [2.24, 2.45) is 0 Å². The van der Waals surface area contributed by atoms with E-state index in [-0.39, 0.29) is 23.0 Å². The molecule has 110 valence electrons. The van der Waals surface area contributed by atoms with Crippen molar-refractivity contribution < 1.29 is 17.3 Å². The molecule has 2 aromatic rings. The van der Waals surface area contributed by atoms with Crippen LogP contribution in [0.5, 0.6) is 0 Å². The number of benzene rings is 1. The Morgan fingerprint density at radius 3 is 2.52 bits per heavy atom. The summed E-state index contributed by atoms with van der Waals surface area (Å²) in [5, 5.41) is 3.60. The fourth-order valence-corrected chi connectivity index (χ4v) is 2.99. The third kappa shape index (κ3) is 3.68. The minimum Gasteiger partial charge on any atom is -0.360 e.